The molecule has 3 rings (SSSR count). The van der Waals surface area contributed by atoms with Crippen molar-refractivity contribution in [1.29, 1.82) is 0 Å². The van der Waals surface area contributed by atoms with E-state index in [1.165, 1.54) is 10.9 Å². The summed E-state index contributed by atoms with van der Waals surface area (Å²) in [7, 11) is 0. The molecule has 0 amide bonds. The van der Waals surface area contributed by atoms with Crippen molar-refractivity contribution in [2.75, 3.05) is 0 Å². The summed E-state index contributed by atoms with van der Waals surface area (Å²) in [4.78, 5) is 11.4. The SMILES string of the molecule is O=c1[nH]ncn1-c1n[nH]c2ccccc12. The molecule has 2 N–H and O–H groups in total. The Kier molecular flexibility index (Phi) is 1.49. The summed E-state index contributed by atoms with van der Waals surface area (Å²) in [6.07, 6.45) is 1.41. The van der Waals surface area contributed by atoms with Gasteiger partial charge in [0.25, 0.3) is 0 Å². The predicted octanol–water partition coefficient (Wildman–Crippen LogP) is 0.437. The topological polar surface area (TPSA) is 79.4 Å². The summed E-state index contributed by atoms with van der Waals surface area (Å²) in [5.74, 6) is 0.560. The highest BCUT2D eigenvalue weighted by molar-refractivity contribution is 5.85. The lowest BCUT2D eigenvalue weighted by Crippen LogP contribution is -2.14. The molecule has 0 aliphatic heterocycles. The molecule has 0 bridgehead atoms. The quantitative estimate of drug-likeness (QED) is 0.599. The smallest absolute Gasteiger partial charge is 0.276 e. The lowest BCUT2D eigenvalue weighted by molar-refractivity contribution is 0.925. The average Bonchev–Trinajstić information content (AvgIpc) is 2.83. The lowest BCUT2D eigenvalue weighted by atomic mass is 10.2. The van der Waals surface area contributed by atoms with Gasteiger partial charge < -0.3 is 0 Å². The Hall–Kier alpha value is -2.37. The normalized spacial score (nSPS) is 10.9. The van der Waals surface area contributed by atoms with Gasteiger partial charge in [-0.25, -0.2) is 14.5 Å². The molecule has 0 spiro atoms. The van der Waals surface area contributed by atoms with Gasteiger partial charge in [0.2, 0.25) is 0 Å². The second-order valence-corrected chi connectivity index (χ2v) is 3.12. The van der Waals surface area contributed by atoms with Gasteiger partial charge in [-0.15, -0.1) is 0 Å². The van der Waals surface area contributed by atoms with Crippen LogP contribution in [0.25, 0.3) is 16.7 Å². The van der Waals surface area contributed by atoms with Crippen molar-refractivity contribution >= 4 is 10.9 Å². The zero-order valence-corrected chi connectivity index (χ0v) is 7.64. The fraction of sp³-hybridized carbons (Fsp3) is 0. The Balaban J connectivity index is 2.37. The van der Waals surface area contributed by atoms with Gasteiger partial charge in [0.15, 0.2) is 5.82 Å². The maximum absolute atomic E-state index is 11.4. The minimum Gasteiger partial charge on any atom is -0.276 e. The Labute approximate surface area is 83.6 Å². The van der Waals surface area contributed by atoms with Crippen LogP contribution in [0.1, 0.15) is 0 Å². The Morgan fingerprint density at radius 2 is 2.07 bits per heavy atom. The molecule has 0 aliphatic carbocycles. The number of fused-ring (bicyclic) bond motifs is 1. The number of nitrogens with one attached hydrogen (secondary N) is 2. The molecule has 0 saturated heterocycles. The van der Waals surface area contributed by atoms with Crippen molar-refractivity contribution in [2.24, 2.45) is 0 Å². The molecule has 0 aliphatic rings. The number of benzene rings is 1. The van der Waals surface area contributed by atoms with E-state index in [2.05, 4.69) is 20.4 Å². The molecule has 0 saturated carbocycles. The second kappa shape index (κ2) is 2.81. The molecule has 0 unspecified atom stereocenters. The van der Waals surface area contributed by atoms with Crippen molar-refractivity contribution in [3.8, 4) is 5.82 Å². The Morgan fingerprint density at radius 1 is 1.20 bits per heavy atom. The van der Waals surface area contributed by atoms with E-state index in [1.54, 1.807) is 0 Å². The zero-order valence-electron chi connectivity index (χ0n) is 7.64. The van der Waals surface area contributed by atoms with Crippen LogP contribution in [0.4, 0.5) is 0 Å². The maximum atomic E-state index is 11.4. The molecule has 2 heterocycles. The van der Waals surface area contributed by atoms with Crippen LogP contribution in [0, 0.1) is 0 Å². The third kappa shape index (κ3) is 1.08. The van der Waals surface area contributed by atoms with Crippen LogP contribution < -0.4 is 5.69 Å². The van der Waals surface area contributed by atoms with Crippen molar-refractivity contribution in [2.45, 2.75) is 0 Å². The summed E-state index contributed by atoms with van der Waals surface area (Å²) in [6, 6.07) is 7.60. The molecule has 0 radical (unpaired) electrons. The van der Waals surface area contributed by atoms with Gasteiger partial charge in [-0.2, -0.15) is 10.2 Å². The van der Waals surface area contributed by atoms with Crippen molar-refractivity contribution in [3.63, 3.8) is 0 Å². The number of nitrogens with zero attached hydrogens (tertiary/aromatic N) is 3. The highest BCUT2D eigenvalue weighted by Crippen LogP contribution is 2.16. The predicted molar refractivity (Wildman–Crippen MR) is 53.8 cm³/mol. The van der Waals surface area contributed by atoms with Gasteiger partial charge in [0.05, 0.1) is 5.52 Å². The fourth-order valence-corrected chi connectivity index (χ4v) is 1.53. The van der Waals surface area contributed by atoms with E-state index < -0.39 is 0 Å². The Bertz CT molecular complexity index is 662. The van der Waals surface area contributed by atoms with E-state index in [4.69, 9.17) is 0 Å². The van der Waals surface area contributed by atoms with E-state index in [1.807, 2.05) is 24.3 Å². The first-order valence-corrected chi connectivity index (χ1v) is 4.42. The summed E-state index contributed by atoms with van der Waals surface area (Å²) in [6.45, 7) is 0. The highest BCUT2D eigenvalue weighted by atomic mass is 16.1. The van der Waals surface area contributed by atoms with Gasteiger partial charge >= 0.3 is 5.69 Å². The van der Waals surface area contributed by atoms with Crippen LogP contribution in [-0.4, -0.2) is 25.0 Å². The number of aromatic amines is 2. The molecular formula is C9H7N5O. The van der Waals surface area contributed by atoms with E-state index in [0.717, 1.165) is 10.9 Å². The molecule has 2 aromatic heterocycles. The minimum absolute atomic E-state index is 0.299. The number of hydrogen-bond acceptors (Lipinski definition) is 3. The summed E-state index contributed by atoms with van der Waals surface area (Å²) < 4.78 is 1.36. The number of rotatable bonds is 1. The van der Waals surface area contributed by atoms with Gasteiger partial charge in [-0.05, 0) is 12.1 Å². The fourth-order valence-electron chi connectivity index (χ4n) is 1.53. The summed E-state index contributed by atoms with van der Waals surface area (Å²) in [5, 5.41) is 13.8. The van der Waals surface area contributed by atoms with Crippen molar-refractivity contribution in [3.05, 3.63) is 41.1 Å². The monoisotopic (exact) mass is 201 g/mol. The average molecular weight is 201 g/mol. The van der Waals surface area contributed by atoms with Crippen LogP contribution >= 0.6 is 0 Å². The van der Waals surface area contributed by atoms with E-state index in [9.17, 15) is 4.79 Å². The van der Waals surface area contributed by atoms with Crippen LogP contribution in [-0.2, 0) is 0 Å². The number of H-pyrrole nitrogens is 2. The largest absolute Gasteiger partial charge is 0.349 e. The van der Waals surface area contributed by atoms with Crippen LogP contribution in [0.2, 0.25) is 0 Å². The van der Waals surface area contributed by atoms with Gasteiger partial charge in [-0.1, -0.05) is 12.1 Å². The molecule has 0 atom stereocenters. The summed E-state index contributed by atoms with van der Waals surface area (Å²) >= 11 is 0. The molecular weight excluding hydrogens is 194 g/mol. The molecule has 6 nitrogen and oxygen atoms in total. The van der Waals surface area contributed by atoms with Gasteiger partial charge in [-0.3, -0.25) is 5.10 Å². The maximum Gasteiger partial charge on any atom is 0.349 e. The van der Waals surface area contributed by atoms with Gasteiger partial charge in [0, 0.05) is 5.39 Å². The first-order chi connectivity index (χ1) is 7.36. The zero-order chi connectivity index (χ0) is 10.3. The summed E-state index contributed by atoms with van der Waals surface area (Å²) in [5.41, 5.74) is 0.591. The van der Waals surface area contributed by atoms with Crippen LogP contribution in [0.3, 0.4) is 0 Å². The molecule has 3 aromatic rings. The molecule has 74 valence electrons. The van der Waals surface area contributed by atoms with Crippen LogP contribution in [0.5, 0.6) is 0 Å². The van der Waals surface area contributed by atoms with E-state index in [0.29, 0.717) is 5.82 Å². The molecule has 6 heteroatoms. The number of hydrogen-bond donors (Lipinski definition) is 2. The van der Waals surface area contributed by atoms with Crippen LogP contribution in [0.15, 0.2) is 35.4 Å². The molecule has 15 heavy (non-hydrogen) atoms. The minimum atomic E-state index is -0.299. The number of para-hydroxylation sites is 1. The standard InChI is InChI=1S/C9H7N5O/c15-9-13-10-5-14(9)8-6-3-1-2-4-7(6)11-12-8/h1-5H,(H,11,12)(H,13,15). The number of aromatic nitrogens is 5. The van der Waals surface area contributed by atoms with E-state index in [-0.39, 0.29) is 5.69 Å². The Morgan fingerprint density at radius 3 is 2.87 bits per heavy atom. The second-order valence-electron chi connectivity index (χ2n) is 3.12. The van der Waals surface area contributed by atoms with Gasteiger partial charge in [0.1, 0.15) is 6.33 Å². The van der Waals surface area contributed by atoms with Crippen molar-refractivity contribution in [1.82, 2.24) is 25.0 Å². The first kappa shape index (κ1) is 7.98. The third-order valence-electron chi connectivity index (χ3n) is 2.23. The van der Waals surface area contributed by atoms with Crippen molar-refractivity contribution < 1.29 is 0 Å². The highest BCUT2D eigenvalue weighted by Gasteiger charge is 2.08. The first-order valence-electron chi connectivity index (χ1n) is 4.42. The molecule has 1 aromatic carbocycles. The molecule has 0 fully saturated rings. The lowest BCUT2D eigenvalue weighted by Gasteiger charge is -1.93. The van der Waals surface area contributed by atoms with E-state index >= 15 is 0 Å². The third-order valence-corrected chi connectivity index (χ3v) is 2.23.